The normalized spacial score (nSPS) is 12.0. The largest absolute Gasteiger partial charge is 0.480 e. The molecular weight excluding hydrogens is 391 g/mol. The van der Waals surface area contributed by atoms with E-state index in [1.165, 1.54) is 12.1 Å². The first kappa shape index (κ1) is 17.3. The fourth-order valence-corrected chi connectivity index (χ4v) is 2.31. The van der Waals surface area contributed by atoms with Gasteiger partial charge in [-0.15, -0.1) is 0 Å². The molecule has 1 amide bonds. The van der Waals surface area contributed by atoms with Crippen LogP contribution in [0.2, 0.25) is 0 Å². The number of hydrogen-bond acceptors (Lipinski definition) is 4. The number of nitro benzene ring substituents is 1. The topological polar surface area (TPSA) is 110 Å². The molecule has 0 aliphatic rings. The number of carboxylic acids is 1. The van der Waals surface area contributed by atoms with E-state index in [0.717, 1.165) is 6.07 Å². The van der Waals surface area contributed by atoms with E-state index in [1.54, 1.807) is 0 Å². The van der Waals surface area contributed by atoms with Crippen molar-refractivity contribution in [1.82, 2.24) is 5.32 Å². The summed E-state index contributed by atoms with van der Waals surface area (Å²) in [6.45, 7) is 3.69. The zero-order chi connectivity index (χ0) is 16.2. The van der Waals surface area contributed by atoms with Gasteiger partial charge in [0, 0.05) is 15.7 Å². The maximum absolute atomic E-state index is 12.1. The molecule has 2 N–H and O–H groups in total. The average molecular weight is 406 g/mol. The minimum Gasteiger partial charge on any atom is -0.480 e. The molecule has 0 unspecified atom stereocenters. The molecule has 8 heteroatoms. The van der Waals surface area contributed by atoms with Gasteiger partial charge < -0.3 is 10.4 Å². The van der Waals surface area contributed by atoms with Crippen LogP contribution in [0.25, 0.3) is 0 Å². The van der Waals surface area contributed by atoms with Gasteiger partial charge in [-0.1, -0.05) is 13.8 Å². The molecule has 1 aromatic rings. The second-order valence-corrected chi connectivity index (χ2v) is 6.08. The monoisotopic (exact) mass is 406 g/mol. The van der Waals surface area contributed by atoms with Crippen molar-refractivity contribution in [3.8, 4) is 0 Å². The average Bonchev–Trinajstić information content (AvgIpc) is 2.37. The van der Waals surface area contributed by atoms with Gasteiger partial charge in [0.25, 0.3) is 11.6 Å². The number of aliphatic carboxylic acids is 1. The van der Waals surface area contributed by atoms with Gasteiger partial charge in [0.2, 0.25) is 0 Å². The summed E-state index contributed by atoms with van der Waals surface area (Å²) < 4.78 is 0.518. The smallest absolute Gasteiger partial charge is 0.326 e. The lowest BCUT2D eigenvalue weighted by molar-refractivity contribution is -0.384. The van der Waals surface area contributed by atoms with Gasteiger partial charge >= 0.3 is 5.97 Å². The molecule has 21 heavy (non-hydrogen) atoms. The summed E-state index contributed by atoms with van der Waals surface area (Å²) in [5.74, 6) is -1.66. The van der Waals surface area contributed by atoms with Crippen molar-refractivity contribution in [3.05, 3.63) is 37.4 Å². The third kappa shape index (κ3) is 4.96. The summed E-state index contributed by atoms with van der Waals surface area (Å²) in [5, 5.41) is 22.3. The molecule has 1 atom stereocenters. The van der Waals surface area contributed by atoms with Crippen molar-refractivity contribution in [3.63, 3.8) is 0 Å². The van der Waals surface area contributed by atoms with Gasteiger partial charge in [-0.25, -0.2) is 4.79 Å². The quantitative estimate of drug-likeness (QED) is 0.429. The second kappa shape index (κ2) is 7.34. The lowest BCUT2D eigenvalue weighted by Crippen LogP contribution is -2.41. The fourth-order valence-electron chi connectivity index (χ4n) is 1.73. The summed E-state index contributed by atoms with van der Waals surface area (Å²) in [6.07, 6.45) is 0.284. The molecule has 0 radical (unpaired) electrons. The Labute approximate surface area is 135 Å². The lowest BCUT2D eigenvalue weighted by Gasteiger charge is -2.16. The third-order valence-electron chi connectivity index (χ3n) is 2.72. The lowest BCUT2D eigenvalue weighted by atomic mass is 10.0. The first-order valence-corrected chi connectivity index (χ1v) is 7.27. The van der Waals surface area contributed by atoms with Crippen LogP contribution in [0.3, 0.4) is 0 Å². The molecule has 0 aromatic heterocycles. The molecule has 0 bridgehead atoms. The van der Waals surface area contributed by atoms with Gasteiger partial charge in [-0.05, 0) is 41.0 Å². The Hall–Kier alpha value is -1.71. The number of carbonyl (C=O) groups is 2. The van der Waals surface area contributed by atoms with Gasteiger partial charge in [0.1, 0.15) is 6.04 Å². The van der Waals surface area contributed by atoms with Crippen LogP contribution in [0.4, 0.5) is 5.69 Å². The van der Waals surface area contributed by atoms with E-state index in [2.05, 4.69) is 5.32 Å². The predicted molar refractivity (Wildman–Crippen MR) is 84.2 cm³/mol. The predicted octanol–water partition coefficient (Wildman–Crippen LogP) is 2.43. The standard InChI is InChI=1S/C13H15IN2O5/c1-7(2)5-11(13(18)19)15-12(17)9-6-8(16(20)21)3-4-10(9)14/h3-4,6-7,11H,5H2,1-2H3,(H,15,17)(H,18,19)/t11-/m0/s1. The number of carbonyl (C=O) groups excluding carboxylic acids is 1. The summed E-state index contributed by atoms with van der Waals surface area (Å²) in [6, 6.07) is 2.87. The van der Waals surface area contributed by atoms with Crippen LogP contribution in [0.5, 0.6) is 0 Å². The number of nitrogens with zero attached hydrogens (tertiary/aromatic N) is 1. The third-order valence-corrected chi connectivity index (χ3v) is 3.66. The van der Waals surface area contributed by atoms with Gasteiger partial charge in [-0.3, -0.25) is 14.9 Å². The number of non-ortho nitro benzene ring substituents is 1. The molecule has 1 rings (SSSR count). The van der Waals surface area contributed by atoms with Crippen LogP contribution in [-0.2, 0) is 4.79 Å². The SMILES string of the molecule is CC(C)C[C@H](NC(=O)c1cc([N+](=O)[O-])ccc1I)C(=O)O. The Bertz CT molecular complexity index is 574. The number of hydrogen-bond donors (Lipinski definition) is 2. The first-order valence-electron chi connectivity index (χ1n) is 6.20. The van der Waals surface area contributed by atoms with Gasteiger partial charge in [-0.2, -0.15) is 0 Å². The van der Waals surface area contributed by atoms with E-state index in [4.69, 9.17) is 5.11 Å². The minimum absolute atomic E-state index is 0.0931. The molecule has 0 fully saturated rings. The zero-order valence-electron chi connectivity index (χ0n) is 11.5. The van der Waals surface area contributed by atoms with E-state index in [9.17, 15) is 19.7 Å². The van der Waals surface area contributed by atoms with E-state index in [-0.39, 0.29) is 23.6 Å². The molecule has 0 saturated heterocycles. The maximum Gasteiger partial charge on any atom is 0.326 e. The highest BCUT2D eigenvalue weighted by molar-refractivity contribution is 14.1. The van der Waals surface area contributed by atoms with Crippen molar-refractivity contribution in [1.29, 1.82) is 0 Å². The molecule has 0 saturated carbocycles. The highest BCUT2D eigenvalue weighted by atomic mass is 127. The van der Waals surface area contributed by atoms with E-state index < -0.39 is 22.8 Å². The first-order chi connectivity index (χ1) is 9.72. The highest BCUT2D eigenvalue weighted by Gasteiger charge is 2.23. The molecule has 1 aromatic carbocycles. The molecular formula is C13H15IN2O5. The second-order valence-electron chi connectivity index (χ2n) is 4.92. The molecule has 0 heterocycles. The number of carboxylic acid groups (broad SMARTS) is 1. The molecule has 114 valence electrons. The van der Waals surface area contributed by atoms with Crippen LogP contribution >= 0.6 is 22.6 Å². The van der Waals surface area contributed by atoms with Crippen molar-refractivity contribution >= 4 is 40.2 Å². The summed E-state index contributed by atoms with van der Waals surface area (Å²) in [7, 11) is 0. The summed E-state index contributed by atoms with van der Waals surface area (Å²) >= 11 is 1.87. The molecule has 0 spiro atoms. The van der Waals surface area contributed by atoms with Crippen molar-refractivity contribution in [2.45, 2.75) is 26.3 Å². The van der Waals surface area contributed by atoms with Crippen LogP contribution in [0.1, 0.15) is 30.6 Å². The Balaban J connectivity index is 2.99. The molecule has 7 nitrogen and oxygen atoms in total. The number of nitro groups is 1. The van der Waals surface area contributed by atoms with Gasteiger partial charge in [0.15, 0.2) is 0 Å². The Morgan fingerprint density at radius 1 is 1.43 bits per heavy atom. The maximum atomic E-state index is 12.1. The minimum atomic E-state index is -1.13. The number of rotatable bonds is 6. The van der Waals surface area contributed by atoms with Crippen LogP contribution in [0.15, 0.2) is 18.2 Å². The van der Waals surface area contributed by atoms with Gasteiger partial charge in [0.05, 0.1) is 10.5 Å². The zero-order valence-corrected chi connectivity index (χ0v) is 13.7. The van der Waals surface area contributed by atoms with Crippen LogP contribution in [-0.4, -0.2) is 27.9 Å². The number of amides is 1. The number of benzene rings is 1. The summed E-state index contributed by atoms with van der Waals surface area (Å²) in [4.78, 5) is 33.4. The van der Waals surface area contributed by atoms with Crippen molar-refractivity contribution < 1.29 is 19.6 Å². The fraction of sp³-hybridized carbons (Fsp3) is 0.385. The van der Waals surface area contributed by atoms with Crippen molar-refractivity contribution in [2.75, 3.05) is 0 Å². The van der Waals surface area contributed by atoms with E-state index in [1.807, 2.05) is 36.4 Å². The van der Waals surface area contributed by atoms with Crippen LogP contribution in [0, 0.1) is 19.6 Å². The van der Waals surface area contributed by atoms with Crippen LogP contribution < -0.4 is 5.32 Å². The number of halogens is 1. The molecule has 0 aliphatic carbocycles. The van der Waals surface area contributed by atoms with E-state index >= 15 is 0 Å². The summed E-state index contributed by atoms with van der Waals surface area (Å²) in [5.41, 5.74) is -0.115. The highest BCUT2D eigenvalue weighted by Crippen LogP contribution is 2.20. The Morgan fingerprint density at radius 2 is 2.05 bits per heavy atom. The molecule has 0 aliphatic heterocycles. The number of nitrogens with one attached hydrogen (secondary N) is 1. The van der Waals surface area contributed by atoms with Crippen molar-refractivity contribution in [2.24, 2.45) is 5.92 Å². The Morgan fingerprint density at radius 3 is 2.52 bits per heavy atom. The van der Waals surface area contributed by atoms with E-state index in [0.29, 0.717) is 3.57 Å². The Kier molecular flexibility index (Phi) is 6.06.